The molecule has 0 aliphatic carbocycles. The predicted molar refractivity (Wildman–Crippen MR) is 368 cm³/mol. The minimum Gasteiger partial charge on any atom is -0.453 e. The molecule has 11 amide bonds. The number of amides is 11. The molecule has 0 unspecified atom stereocenters. The number of ether oxygens (including phenoxy) is 1. The lowest BCUT2D eigenvalue weighted by Crippen LogP contribution is -2.64. The van der Waals surface area contributed by atoms with Crippen molar-refractivity contribution < 1.29 is 82.7 Å². The second-order valence-corrected chi connectivity index (χ2v) is 26.4. The van der Waals surface area contributed by atoms with Gasteiger partial charge in [-0.2, -0.15) is 0 Å². The molecule has 0 bridgehead atoms. The molecule has 33 nitrogen and oxygen atoms in total. The van der Waals surface area contributed by atoms with Crippen LogP contribution in [0.1, 0.15) is 126 Å². The number of aliphatic imine (C=N–C) groups is 1. The molecule has 0 aromatic heterocycles. The third kappa shape index (κ3) is 28.0. The van der Waals surface area contributed by atoms with Crippen molar-refractivity contribution in [3.05, 3.63) is 66.2 Å². The molecule has 99 heavy (non-hydrogen) atoms. The lowest BCUT2D eigenvalue weighted by Gasteiger charge is -2.34. The molecule has 1 aliphatic rings. The van der Waals surface area contributed by atoms with E-state index in [1.165, 1.54) is 44.2 Å². The standard InChI is InChI=1S/C65H102N16O17S/c1-12-35(10)45-59(93)79-46(36(11)83)58(92)70-29-44(84)77-48(51(86)53(66)87)61(95)75-43(30-82)63(97)98-52(37-20-15-13-16-21-37)49(81-57(91)41(27-32(4)5)73-56(90)42(28-33(6)7)76-65(99)71-38-22-17-14-18-23-38)62(96)80-47(50(85)34(8)9)60(94)74-40(26-31(2)3)55(89)72-39(54(88)78-45)24-19-25-69-64(67)68/h13-18,20-23,31-36,39-43,45-52,82-83,85-86H,12,19,24-30H2,1-11H3,(H2,66,87)(H,70,92)(H,72,89)(H,73,90)(H,74,94)(H,75,95)(H,77,84)(H,78,88)(H,79,93)(H,80,96)(H,81,91)(H4,67,68,69)(H2,71,76,99)/t35-,36-,39+,40-,41-,42+,43-,45-,46-,47-,48-,49-,50+,51-,52+/m0/s1. The molecular formula is C65H102N16O17S. The number of guanidine groups is 1. The SMILES string of the molecule is CC[C@H](C)[C@@H]1NC(=O)[C@@H](CCCN=C(N)N)NC(=O)[C@H](CC(C)C)NC(=O)[C@H]([C@H](O)C(C)C)NC(=O)[C@@H](NC(=O)[C@H](CC(C)C)NC(=O)[C@@H](CC(C)C)NC(=S)Nc2ccccc2)[C@@H](c2ccccc2)OC(=O)[C@H](CO)NC(=O)[C@H]([C@H](O)C(N)=O)NC(=O)CNC(=O)[C@H]([C@H](C)O)NC1=O. The largest absolute Gasteiger partial charge is 0.453 e. The van der Waals surface area contributed by atoms with Crippen LogP contribution in [0.4, 0.5) is 5.69 Å². The van der Waals surface area contributed by atoms with Crippen LogP contribution in [0.2, 0.25) is 0 Å². The molecule has 3 rings (SSSR count). The normalized spacial score (nSPS) is 23.4. The van der Waals surface area contributed by atoms with Crippen LogP contribution in [0.15, 0.2) is 65.7 Å². The molecular weight excluding hydrogens is 1310 g/mol. The number of carbonyl (C=O) groups excluding carboxylic acids is 12. The zero-order valence-electron chi connectivity index (χ0n) is 57.8. The second kappa shape index (κ2) is 41.3. The van der Waals surface area contributed by atoms with Crippen LogP contribution in [-0.2, 0) is 62.3 Å². The number of hydrogen-bond acceptors (Lipinski definition) is 19. The molecule has 550 valence electrons. The van der Waals surface area contributed by atoms with Crippen molar-refractivity contribution in [3.8, 4) is 0 Å². The van der Waals surface area contributed by atoms with Gasteiger partial charge in [-0.1, -0.05) is 124 Å². The first-order valence-corrected chi connectivity index (χ1v) is 33.3. The molecule has 0 spiro atoms. The maximum absolute atomic E-state index is 15.6. The number of benzene rings is 2. The minimum absolute atomic E-state index is 0.0384. The van der Waals surface area contributed by atoms with Crippen molar-refractivity contribution >= 4 is 99.9 Å². The third-order valence-corrected chi connectivity index (χ3v) is 16.0. The number of anilines is 1. The van der Waals surface area contributed by atoms with E-state index < -0.39 is 187 Å². The summed E-state index contributed by atoms with van der Waals surface area (Å²) in [6, 6.07) is -2.08. The van der Waals surface area contributed by atoms with Crippen LogP contribution >= 0.6 is 12.2 Å². The molecule has 2 aromatic rings. The van der Waals surface area contributed by atoms with Gasteiger partial charge < -0.3 is 106 Å². The van der Waals surface area contributed by atoms with E-state index in [1.54, 1.807) is 71.9 Å². The first-order chi connectivity index (χ1) is 46.5. The van der Waals surface area contributed by atoms with E-state index >= 15 is 14.4 Å². The molecule has 15 atom stereocenters. The Labute approximate surface area is 581 Å². The average Bonchev–Trinajstić information content (AvgIpc) is 0.817. The van der Waals surface area contributed by atoms with Crippen molar-refractivity contribution in [3.63, 3.8) is 0 Å². The van der Waals surface area contributed by atoms with Gasteiger partial charge in [-0.05, 0) is 98.5 Å². The topological polar surface area (TPSA) is 530 Å². The van der Waals surface area contributed by atoms with Gasteiger partial charge in [0.05, 0.1) is 25.4 Å². The van der Waals surface area contributed by atoms with Crippen molar-refractivity contribution in [1.29, 1.82) is 0 Å². The molecule has 1 heterocycles. The van der Waals surface area contributed by atoms with Crippen molar-refractivity contribution in [2.24, 2.45) is 51.8 Å². The highest BCUT2D eigenvalue weighted by Crippen LogP contribution is 2.25. The van der Waals surface area contributed by atoms with Crippen LogP contribution in [0.3, 0.4) is 0 Å². The highest BCUT2D eigenvalue weighted by atomic mass is 32.1. The van der Waals surface area contributed by atoms with E-state index in [2.05, 4.69) is 63.5 Å². The third-order valence-electron chi connectivity index (χ3n) is 15.7. The number of nitrogens with two attached hydrogens (primary N) is 3. The maximum atomic E-state index is 15.6. The number of carbonyl (C=O) groups is 12. The van der Waals surface area contributed by atoms with Crippen LogP contribution in [0.5, 0.6) is 0 Å². The summed E-state index contributed by atoms with van der Waals surface area (Å²) in [5, 5.41) is 74.9. The van der Waals surface area contributed by atoms with Gasteiger partial charge >= 0.3 is 5.97 Å². The highest BCUT2D eigenvalue weighted by molar-refractivity contribution is 7.80. The molecule has 1 saturated heterocycles. The Balaban J connectivity index is 2.42. The Hall–Kier alpha value is -9.12. The quantitative estimate of drug-likeness (QED) is 0.0151. The summed E-state index contributed by atoms with van der Waals surface area (Å²) in [5.74, 6) is -17.4. The average molecular weight is 1410 g/mol. The lowest BCUT2D eigenvalue weighted by atomic mass is 9.95. The zero-order chi connectivity index (χ0) is 74.5. The Morgan fingerprint density at radius 2 is 1.14 bits per heavy atom. The van der Waals surface area contributed by atoms with Gasteiger partial charge in [0.1, 0.15) is 54.4 Å². The van der Waals surface area contributed by atoms with Crippen molar-refractivity contribution in [2.45, 2.75) is 200 Å². The summed E-state index contributed by atoms with van der Waals surface area (Å²) in [7, 11) is 0. The summed E-state index contributed by atoms with van der Waals surface area (Å²) in [4.78, 5) is 176. The van der Waals surface area contributed by atoms with Gasteiger partial charge in [0.25, 0.3) is 0 Å². The van der Waals surface area contributed by atoms with Crippen LogP contribution < -0.4 is 81.0 Å². The minimum atomic E-state index is -2.59. The molecule has 2 aromatic carbocycles. The smallest absolute Gasteiger partial charge is 0.331 e. The van der Waals surface area contributed by atoms with E-state index in [4.69, 9.17) is 34.2 Å². The second-order valence-electron chi connectivity index (χ2n) is 26.0. The van der Waals surface area contributed by atoms with E-state index in [9.17, 15) is 63.6 Å². The number of aliphatic hydroxyl groups is 4. The zero-order valence-corrected chi connectivity index (χ0v) is 58.6. The Bertz CT molecular complexity index is 3110. The van der Waals surface area contributed by atoms with Gasteiger partial charge in [0.15, 0.2) is 29.3 Å². The van der Waals surface area contributed by atoms with Gasteiger partial charge in [-0.3, -0.25) is 57.7 Å². The van der Waals surface area contributed by atoms with E-state index in [0.29, 0.717) is 5.69 Å². The molecule has 34 heteroatoms. The molecule has 1 aliphatic heterocycles. The number of esters is 1. The van der Waals surface area contributed by atoms with E-state index in [1.807, 2.05) is 19.2 Å². The molecule has 22 N–H and O–H groups in total. The maximum Gasteiger partial charge on any atom is 0.331 e. The van der Waals surface area contributed by atoms with Gasteiger partial charge in [0.2, 0.25) is 65.0 Å². The number of hydrogen-bond donors (Lipinski definition) is 19. The molecule has 0 saturated carbocycles. The van der Waals surface area contributed by atoms with Crippen molar-refractivity contribution in [1.82, 2.24) is 58.5 Å². The fourth-order valence-corrected chi connectivity index (χ4v) is 10.4. The van der Waals surface area contributed by atoms with Gasteiger partial charge in [-0.25, -0.2) is 4.79 Å². The van der Waals surface area contributed by atoms with Crippen LogP contribution in [-0.4, -0.2) is 201 Å². The van der Waals surface area contributed by atoms with Crippen molar-refractivity contribution in [2.75, 3.05) is 25.0 Å². The van der Waals surface area contributed by atoms with Crippen LogP contribution in [0.25, 0.3) is 0 Å². The fourth-order valence-electron chi connectivity index (χ4n) is 10.2. The van der Waals surface area contributed by atoms with Gasteiger partial charge in [0, 0.05) is 12.2 Å². The molecule has 0 radical (unpaired) electrons. The number of nitrogens with one attached hydrogen (secondary N) is 12. The predicted octanol–water partition coefficient (Wildman–Crippen LogP) is -3.41. The Morgan fingerprint density at radius 3 is 1.68 bits per heavy atom. The number of primary amides is 1. The summed E-state index contributed by atoms with van der Waals surface area (Å²) >= 11 is 5.59. The number of nitrogens with zero attached hydrogens (tertiary/aromatic N) is 1. The number of para-hydroxylation sites is 1. The fraction of sp³-hybridized carbons (Fsp3) is 0.600. The number of cyclic esters (lactones) is 1. The highest BCUT2D eigenvalue weighted by Gasteiger charge is 2.44. The lowest BCUT2D eigenvalue weighted by molar-refractivity contribution is -0.159. The number of aliphatic hydroxyl groups excluding tert-OH is 4. The Kier molecular flexibility index (Phi) is 35.1. The van der Waals surface area contributed by atoms with Crippen LogP contribution in [0, 0.1) is 29.6 Å². The van der Waals surface area contributed by atoms with E-state index in [0.717, 1.165) is 6.92 Å². The Morgan fingerprint density at radius 1 is 0.616 bits per heavy atom. The first kappa shape index (κ1) is 84.1. The summed E-state index contributed by atoms with van der Waals surface area (Å²) in [6.07, 6.45) is -8.21. The summed E-state index contributed by atoms with van der Waals surface area (Å²) in [6.45, 7) is 15.4. The summed E-state index contributed by atoms with van der Waals surface area (Å²) in [5.41, 5.74) is 17.0. The molecule has 1 fully saturated rings. The number of thiocarbonyl (C=S) groups is 1. The van der Waals surface area contributed by atoms with Gasteiger partial charge in [-0.15, -0.1) is 0 Å². The monoisotopic (exact) mass is 1410 g/mol. The first-order valence-electron chi connectivity index (χ1n) is 32.9. The number of rotatable bonds is 25. The van der Waals surface area contributed by atoms with E-state index in [-0.39, 0.29) is 73.5 Å². The summed E-state index contributed by atoms with van der Waals surface area (Å²) < 4.78 is 6.00.